The highest BCUT2D eigenvalue weighted by Crippen LogP contribution is 2.58. The normalized spacial score (nSPS) is 18.7. The van der Waals surface area contributed by atoms with Gasteiger partial charge >= 0.3 is 6.18 Å². The minimum absolute atomic E-state index is 0.000312. The fourth-order valence-electron chi connectivity index (χ4n) is 4.34. The molecular formula is C22H24ClF4N3O. The third kappa shape index (κ3) is 4.73. The van der Waals surface area contributed by atoms with Crippen molar-refractivity contribution in [2.75, 3.05) is 5.32 Å². The van der Waals surface area contributed by atoms with Crippen molar-refractivity contribution >= 4 is 23.3 Å². The standard InChI is InChI=1S/C22H24ClF4N3O/c23-16-7-6-15(17(24)11-16)10-20(31)28-19-12-18(21(8-9-21)22(25,26)27)29-30(19)13-14-4-2-1-3-5-14/h6-7,11-12,14H,1-5,8-10,13H2,(H,28,31). The van der Waals surface area contributed by atoms with Gasteiger partial charge in [0.05, 0.1) is 12.1 Å². The maximum Gasteiger partial charge on any atom is 0.400 e. The molecule has 2 aliphatic carbocycles. The van der Waals surface area contributed by atoms with Gasteiger partial charge in [0.1, 0.15) is 17.1 Å². The van der Waals surface area contributed by atoms with Crippen LogP contribution in [0.4, 0.5) is 23.4 Å². The summed E-state index contributed by atoms with van der Waals surface area (Å²) in [5.41, 5.74) is -1.81. The van der Waals surface area contributed by atoms with E-state index >= 15 is 0 Å². The number of anilines is 1. The number of nitrogens with zero attached hydrogens (tertiary/aromatic N) is 2. The number of aromatic nitrogens is 2. The lowest BCUT2D eigenvalue weighted by Crippen LogP contribution is -2.29. The van der Waals surface area contributed by atoms with Crippen LogP contribution in [0.2, 0.25) is 5.02 Å². The van der Waals surface area contributed by atoms with Crippen LogP contribution in [0.5, 0.6) is 0 Å². The Kier molecular flexibility index (Phi) is 6.03. The zero-order valence-corrected chi connectivity index (χ0v) is 17.7. The summed E-state index contributed by atoms with van der Waals surface area (Å²) in [6.45, 7) is 0.457. The van der Waals surface area contributed by atoms with Crippen LogP contribution in [0.15, 0.2) is 24.3 Å². The zero-order valence-electron chi connectivity index (χ0n) is 16.9. The van der Waals surface area contributed by atoms with Crippen molar-refractivity contribution in [2.45, 2.75) is 69.5 Å². The Hall–Kier alpha value is -2.09. The Bertz CT molecular complexity index is 962. The minimum Gasteiger partial charge on any atom is -0.311 e. The summed E-state index contributed by atoms with van der Waals surface area (Å²) in [6.07, 6.45) is 0.675. The Morgan fingerprint density at radius 2 is 1.90 bits per heavy atom. The predicted octanol–water partition coefficient (Wildman–Crippen LogP) is 6.03. The van der Waals surface area contributed by atoms with Gasteiger partial charge in [0.15, 0.2) is 0 Å². The van der Waals surface area contributed by atoms with Crippen molar-refractivity contribution in [3.8, 4) is 0 Å². The molecule has 2 aliphatic rings. The first-order valence-electron chi connectivity index (χ1n) is 10.6. The maximum atomic E-state index is 14.0. The lowest BCUT2D eigenvalue weighted by atomic mass is 9.89. The smallest absolute Gasteiger partial charge is 0.311 e. The summed E-state index contributed by atoms with van der Waals surface area (Å²) in [4.78, 5) is 12.6. The summed E-state index contributed by atoms with van der Waals surface area (Å²) in [5, 5.41) is 7.16. The van der Waals surface area contributed by atoms with Crippen molar-refractivity contribution in [1.82, 2.24) is 9.78 Å². The third-order valence-electron chi connectivity index (χ3n) is 6.35. The van der Waals surface area contributed by atoms with Crippen LogP contribution in [0.1, 0.15) is 56.2 Å². The highest BCUT2D eigenvalue weighted by Gasteiger charge is 2.65. The second kappa shape index (κ2) is 8.45. The van der Waals surface area contributed by atoms with Crippen molar-refractivity contribution in [2.24, 2.45) is 5.92 Å². The van der Waals surface area contributed by atoms with Gasteiger partial charge in [0, 0.05) is 17.6 Å². The molecule has 2 aromatic rings. The van der Waals surface area contributed by atoms with Gasteiger partial charge in [0.2, 0.25) is 5.91 Å². The molecule has 1 N–H and O–H groups in total. The molecule has 0 spiro atoms. The molecule has 1 aromatic carbocycles. The average molecular weight is 458 g/mol. The van der Waals surface area contributed by atoms with Crippen LogP contribution in [0.25, 0.3) is 0 Å². The molecule has 0 aliphatic heterocycles. The monoisotopic (exact) mass is 457 g/mol. The first-order valence-corrected chi connectivity index (χ1v) is 10.9. The molecule has 1 heterocycles. The second-order valence-electron chi connectivity index (χ2n) is 8.64. The summed E-state index contributed by atoms with van der Waals surface area (Å²) in [7, 11) is 0. The van der Waals surface area contributed by atoms with Crippen LogP contribution < -0.4 is 5.32 Å². The molecule has 2 saturated carbocycles. The van der Waals surface area contributed by atoms with Gasteiger partial charge in [0.25, 0.3) is 0 Å². The number of hydrogen-bond acceptors (Lipinski definition) is 2. The van der Waals surface area contributed by atoms with Crippen molar-refractivity contribution < 1.29 is 22.4 Å². The third-order valence-corrected chi connectivity index (χ3v) is 6.59. The van der Waals surface area contributed by atoms with Crippen LogP contribution in [-0.2, 0) is 23.2 Å². The summed E-state index contributed by atoms with van der Waals surface area (Å²) >= 11 is 5.74. The summed E-state index contributed by atoms with van der Waals surface area (Å²) < 4.78 is 56.4. The lowest BCUT2D eigenvalue weighted by Gasteiger charge is -2.22. The zero-order chi connectivity index (χ0) is 22.2. The largest absolute Gasteiger partial charge is 0.400 e. The van der Waals surface area contributed by atoms with Crippen molar-refractivity contribution in [3.63, 3.8) is 0 Å². The van der Waals surface area contributed by atoms with E-state index in [4.69, 9.17) is 11.6 Å². The average Bonchev–Trinajstić information content (AvgIpc) is 3.44. The van der Waals surface area contributed by atoms with E-state index in [-0.39, 0.29) is 41.4 Å². The molecule has 0 unspecified atom stereocenters. The van der Waals surface area contributed by atoms with Crippen molar-refractivity contribution in [1.29, 1.82) is 0 Å². The Morgan fingerprint density at radius 1 is 1.19 bits per heavy atom. The number of carbonyl (C=O) groups is 1. The van der Waals surface area contributed by atoms with E-state index in [1.165, 1.54) is 22.9 Å². The Labute approximate surface area is 183 Å². The van der Waals surface area contributed by atoms with Crippen LogP contribution in [-0.4, -0.2) is 21.9 Å². The Balaban J connectivity index is 1.56. The number of rotatable bonds is 6. The van der Waals surface area contributed by atoms with E-state index < -0.39 is 23.3 Å². The van der Waals surface area contributed by atoms with E-state index in [0.717, 1.165) is 38.2 Å². The molecule has 0 bridgehead atoms. The number of carbonyl (C=O) groups excluding carboxylic acids is 1. The number of alkyl halides is 3. The van der Waals surface area contributed by atoms with Crippen LogP contribution in [0, 0.1) is 11.7 Å². The van der Waals surface area contributed by atoms with E-state index in [1.54, 1.807) is 0 Å². The van der Waals surface area contributed by atoms with E-state index in [0.29, 0.717) is 12.5 Å². The molecule has 0 atom stereocenters. The number of benzene rings is 1. The molecule has 31 heavy (non-hydrogen) atoms. The number of hydrogen-bond donors (Lipinski definition) is 1. The molecule has 1 aromatic heterocycles. The van der Waals surface area contributed by atoms with Crippen LogP contribution >= 0.6 is 11.6 Å². The van der Waals surface area contributed by atoms with Crippen molar-refractivity contribution in [3.05, 3.63) is 46.4 Å². The fourth-order valence-corrected chi connectivity index (χ4v) is 4.50. The second-order valence-corrected chi connectivity index (χ2v) is 9.08. The number of amides is 1. The number of halogens is 5. The van der Waals surface area contributed by atoms with Gasteiger partial charge in [-0.15, -0.1) is 0 Å². The topological polar surface area (TPSA) is 46.9 Å². The maximum absolute atomic E-state index is 14.0. The van der Waals surface area contributed by atoms with Gasteiger partial charge in [-0.2, -0.15) is 18.3 Å². The highest BCUT2D eigenvalue weighted by molar-refractivity contribution is 6.30. The molecule has 1 amide bonds. The van der Waals surface area contributed by atoms with E-state index in [1.807, 2.05) is 0 Å². The first kappa shape index (κ1) is 22.1. The predicted molar refractivity (Wildman–Crippen MR) is 110 cm³/mol. The quantitative estimate of drug-likeness (QED) is 0.538. The molecule has 0 saturated heterocycles. The molecule has 2 fully saturated rings. The van der Waals surface area contributed by atoms with E-state index in [9.17, 15) is 22.4 Å². The van der Waals surface area contributed by atoms with Gasteiger partial charge in [-0.3, -0.25) is 4.79 Å². The lowest BCUT2D eigenvalue weighted by molar-refractivity contribution is -0.161. The fraction of sp³-hybridized carbons (Fsp3) is 0.545. The van der Waals surface area contributed by atoms with Crippen LogP contribution in [0.3, 0.4) is 0 Å². The molecule has 9 heteroatoms. The molecular weight excluding hydrogens is 434 g/mol. The van der Waals surface area contributed by atoms with Gasteiger partial charge in [-0.1, -0.05) is 36.9 Å². The summed E-state index contributed by atoms with van der Waals surface area (Å²) in [5.74, 6) is -0.579. The minimum atomic E-state index is -4.38. The molecule has 4 rings (SSSR count). The highest BCUT2D eigenvalue weighted by atomic mass is 35.5. The molecule has 0 radical (unpaired) electrons. The van der Waals surface area contributed by atoms with Gasteiger partial charge in [-0.05, 0) is 49.3 Å². The molecule has 168 valence electrons. The SMILES string of the molecule is O=C(Cc1ccc(Cl)cc1F)Nc1cc(C2(C(F)(F)F)CC2)nn1CC1CCCCC1. The van der Waals surface area contributed by atoms with Gasteiger partial charge < -0.3 is 5.32 Å². The van der Waals surface area contributed by atoms with Gasteiger partial charge in [-0.25, -0.2) is 9.07 Å². The summed E-state index contributed by atoms with van der Waals surface area (Å²) in [6, 6.07) is 5.36. The Morgan fingerprint density at radius 3 is 2.52 bits per heavy atom. The van der Waals surface area contributed by atoms with E-state index in [2.05, 4.69) is 10.4 Å². The molecule has 4 nitrogen and oxygen atoms in total. The first-order chi connectivity index (χ1) is 14.7. The number of nitrogens with one attached hydrogen (secondary N) is 1.